The molecular weight excluding hydrogens is 152 g/mol. The first-order valence-corrected chi connectivity index (χ1v) is 3.83. The molecule has 10 heavy (non-hydrogen) atoms. The molecule has 0 unspecified atom stereocenters. The summed E-state index contributed by atoms with van der Waals surface area (Å²) in [7, 11) is 0. The maximum Gasteiger partial charge on any atom is 0.141 e. The van der Waals surface area contributed by atoms with Crippen LogP contribution in [0.5, 0.6) is 0 Å². The fourth-order valence-corrected chi connectivity index (χ4v) is 0.749. The fraction of sp³-hybridized carbons (Fsp3) is 0.714. The van der Waals surface area contributed by atoms with Crippen molar-refractivity contribution < 1.29 is 9.59 Å². The van der Waals surface area contributed by atoms with Crippen molar-refractivity contribution in [1.29, 1.82) is 0 Å². The molecule has 0 bridgehead atoms. The molecule has 0 heterocycles. The highest BCUT2D eigenvalue weighted by Crippen LogP contribution is 1.95. The Labute approximate surface area is 65.6 Å². The molecule has 2 nitrogen and oxygen atoms in total. The Balaban J connectivity index is 3.47. The van der Waals surface area contributed by atoms with Crippen LogP contribution in [0.15, 0.2) is 0 Å². The maximum atomic E-state index is 10.7. The summed E-state index contributed by atoms with van der Waals surface area (Å²) >= 11 is 5.29. The van der Waals surface area contributed by atoms with Gasteiger partial charge in [0.1, 0.15) is 11.6 Å². The van der Waals surface area contributed by atoms with E-state index in [9.17, 15) is 9.59 Å². The SMILES string of the molecule is CCC(=O)CC(=O)CCCl. The summed E-state index contributed by atoms with van der Waals surface area (Å²) in [6.07, 6.45) is 0.810. The van der Waals surface area contributed by atoms with Gasteiger partial charge in [-0.05, 0) is 0 Å². The highest BCUT2D eigenvalue weighted by Gasteiger charge is 2.05. The molecule has 0 aromatic carbocycles. The monoisotopic (exact) mass is 162 g/mol. The molecule has 0 saturated carbocycles. The predicted octanol–water partition coefficient (Wildman–Crippen LogP) is 1.55. The van der Waals surface area contributed by atoms with Crippen LogP contribution in [0.2, 0.25) is 0 Å². The summed E-state index contributed by atoms with van der Waals surface area (Å²) in [4.78, 5) is 21.3. The first-order valence-electron chi connectivity index (χ1n) is 3.30. The van der Waals surface area contributed by atoms with Crippen LogP contribution in [0.25, 0.3) is 0 Å². The van der Waals surface area contributed by atoms with E-state index < -0.39 is 0 Å². The predicted molar refractivity (Wildman–Crippen MR) is 40.3 cm³/mol. The van der Waals surface area contributed by atoms with Gasteiger partial charge in [0.2, 0.25) is 0 Å². The third-order valence-corrected chi connectivity index (χ3v) is 1.35. The maximum absolute atomic E-state index is 10.7. The molecule has 0 amide bonds. The lowest BCUT2D eigenvalue weighted by Crippen LogP contribution is -2.06. The summed E-state index contributed by atoms with van der Waals surface area (Å²) in [6.45, 7) is 1.75. The molecule has 0 aromatic rings. The van der Waals surface area contributed by atoms with Gasteiger partial charge in [0.15, 0.2) is 0 Å². The molecule has 0 aromatic heterocycles. The van der Waals surface area contributed by atoms with Gasteiger partial charge in [-0.15, -0.1) is 11.6 Å². The van der Waals surface area contributed by atoms with Gasteiger partial charge in [-0.1, -0.05) is 6.92 Å². The highest BCUT2D eigenvalue weighted by molar-refractivity contribution is 6.19. The number of halogens is 1. The van der Waals surface area contributed by atoms with Gasteiger partial charge in [-0.25, -0.2) is 0 Å². The molecule has 0 aliphatic rings. The molecule has 58 valence electrons. The lowest BCUT2D eigenvalue weighted by molar-refractivity contribution is -0.126. The van der Waals surface area contributed by atoms with Crippen LogP contribution >= 0.6 is 11.6 Å². The van der Waals surface area contributed by atoms with E-state index in [2.05, 4.69) is 0 Å². The van der Waals surface area contributed by atoms with Gasteiger partial charge in [0, 0.05) is 18.7 Å². The van der Waals surface area contributed by atoms with Crippen LogP contribution in [0.3, 0.4) is 0 Å². The number of hydrogen-bond donors (Lipinski definition) is 0. The largest absolute Gasteiger partial charge is 0.299 e. The van der Waals surface area contributed by atoms with Gasteiger partial charge in [-0.3, -0.25) is 9.59 Å². The van der Waals surface area contributed by atoms with Crippen molar-refractivity contribution in [1.82, 2.24) is 0 Å². The third kappa shape index (κ3) is 4.50. The third-order valence-electron chi connectivity index (χ3n) is 1.16. The first-order chi connectivity index (χ1) is 4.70. The van der Waals surface area contributed by atoms with E-state index in [1.807, 2.05) is 0 Å². The Morgan fingerprint density at radius 1 is 1.30 bits per heavy atom. The van der Waals surface area contributed by atoms with Gasteiger partial charge in [0.25, 0.3) is 0 Å². The molecule has 0 rings (SSSR count). The van der Waals surface area contributed by atoms with Crippen molar-refractivity contribution in [3.63, 3.8) is 0 Å². The van der Waals surface area contributed by atoms with Crippen LogP contribution in [-0.4, -0.2) is 17.4 Å². The number of carbonyl (C=O) groups is 2. The Bertz CT molecular complexity index is 132. The van der Waals surface area contributed by atoms with E-state index in [1.165, 1.54) is 0 Å². The summed E-state index contributed by atoms with van der Waals surface area (Å²) in [5, 5.41) is 0. The van der Waals surface area contributed by atoms with E-state index in [0.29, 0.717) is 18.7 Å². The normalized spacial score (nSPS) is 9.40. The summed E-state index contributed by atoms with van der Waals surface area (Å²) in [5.74, 6) is 0.257. The summed E-state index contributed by atoms with van der Waals surface area (Å²) in [6, 6.07) is 0. The Hall–Kier alpha value is -0.370. The fourth-order valence-electron chi connectivity index (χ4n) is 0.539. The average molecular weight is 163 g/mol. The molecule has 3 heteroatoms. The standard InChI is InChI=1S/C7H11ClO2/c1-2-6(9)5-7(10)3-4-8/h2-5H2,1H3. The number of hydrogen-bond acceptors (Lipinski definition) is 2. The zero-order chi connectivity index (χ0) is 7.98. The number of ketones is 2. The van der Waals surface area contributed by atoms with Crippen LogP contribution in [-0.2, 0) is 9.59 Å². The molecule has 0 atom stereocenters. The van der Waals surface area contributed by atoms with Crippen LogP contribution in [0.1, 0.15) is 26.2 Å². The van der Waals surface area contributed by atoms with E-state index in [0.717, 1.165) is 0 Å². The average Bonchev–Trinajstić information content (AvgIpc) is 1.88. The second kappa shape index (κ2) is 5.42. The second-order valence-electron chi connectivity index (χ2n) is 2.05. The molecule has 0 aliphatic carbocycles. The van der Waals surface area contributed by atoms with E-state index in [-0.39, 0.29) is 18.0 Å². The van der Waals surface area contributed by atoms with E-state index >= 15 is 0 Å². The first kappa shape index (κ1) is 9.63. The Kier molecular flexibility index (Phi) is 5.22. The highest BCUT2D eigenvalue weighted by atomic mass is 35.5. The zero-order valence-electron chi connectivity index (χ0n) is 6.02. The smallest absolute Gasteiger partial charge is 0.141 e. The van der Waals surface area contributed by atoms with Gasteiger partial charge in [0.05, 0.1) is 6.42 Å². The minimum absolute atomic E-state index is 0.00452. The molecular formula is C7H11ClO2. The van der Waals surface area contributed by atoms with Crippen molar-refractivity contribution in [2.45, 2.75) is 26.2 Å². The second-order valence-corrected chi connectivity index (χ2v) is 2.42. The zero-order valence-corrected chi connectivity index (χ0v) is 6.78. The molecule has 0 N–H and O–H groups in total. The molecule has 0 radical (unpaired) electrons. The van der Waals surface area contributed by atoms with Crippen molar-refractivity contribution in [2.75, 3.05) is 5.88 Å². The number of rotatable bonds is 5. The minimum atomic E-state index is -0.0538. The van der Waals surface area contributed by atoms with Crippen molar-refractivity contribution in [2.24, 2.45) is 0 Å². The van der Waals surface area contributed by atoms with E-state index in [4.69, 9.17) is 11.6 Å². The van der Waals surface area contributed by atoms with Crippen molar-refractivity contribution in [3.05, 3.63) is 0 Å². The van der Waals surface area contributed by atoms with Gasteiger partial charge < -0.3 is 0 Å². The van der Waals surface area contributed by atoms with Crippen molar-refractivity contribution >= 4 is 23.2 Å². The number of alkyl halides is 1. The quantitative estimate of drug-likeness (QED) is 0.454. The Morgan fingerprint density at radius 2 is 1.90 bits per heavy atom. The lowest BCUT2D eigenvalue weighted by atomic mass is 10.1. The summed E-state index contributed by atoms with van der Waals surface area (Å²) < 4.78 is 0. The summed E-state index contributed by atoms with van der Waals surface area (Å²) in [5.41, 5.74) is 0. The van der Waals surface area contributed by atoms with Crippen LogP contribution in [0, 0.1) is 0 Å². The molecule has 0 spiro atoms. The minimum Gasteiger partial charge on any atom is -0.299 e. The topological polar surface area (TPSA) is 34.1 Å². The van der Waals surface area contributed by atoms with Gasteiger partial charge >= 0.3 is 0 Å². The number of carbonyl (C=O) groups excluding carboxylic acids is 2. The molecule has 0 fully saturated rings. The van der Waals surface area contributed by atoms with Crippen LogP contribution in [0.4, 0.5) is 0 Å². The van der Waals surface area contributed by atoms with Crippen LogP contribution < -0.4 is 0 Å². The van der Waals surface area contributed by atoms with Gasteiger partial charge in [-0.2, -0.15) is 0 Å². The molecule has 0 aliphatic heterocycles. The van der Waals surface area contributed by atoms with Crippen molar-refractivity contribution in [3.8, 4) is 0 Å². The molecule has 0 saturated heterocycles. The lowest BCUT2D eigenvalue weighted by Gasteiger charge is -1.93. The van der Waals surface area contributed by atoms with E-state index in [1.54, 1.807) is 6.92 Å². The Morgan fingerprint density at radius 3 is 2.30 bits per heavy atom. The number of Topliss-reactive ketones (excluding diaryl/α,β-unsaturated/α-hetero) is 2.